The van der Waals surface area contributed by atoms with Gasteiger partial charge in [0, 0.05) is 29.5 Å². The third-order valence-electron chi connectivity index (χ3n) is 5.13. The van der Waals surface area contributed by atoms with Crippen molar-refractivity contribution in [2.45, 2.75) is 39.8 Å². The molecule has 0 saturated carbocycles. The first-order valence-electron chi connectivity index (χ1n) is 10.6. The van der Waals surface area contributed by atoms with Crippen LogP contribution < -0.4 is 9.47 Å². The summed E-state index contributed by atoms with van der Waals surface area (Å²) in [6.45, 7) is 6.87. The number of nitrogens with zero attached hydrogens (tertiary/aromatic N) is 2. The number of thiophene rings is 1. The summed E-state index contributed by atoms with van der Waals surface area (Å²) >= 11 is 1.67. The molecule has 0 N–H and O–H groups in total. The highest BCUT2D eigenvalue weighted by molar-refractivity contribution is 7.11. The molecule has 0 atom stereocenters. The van der Waals surface area contributed by atoms with E-state index in [1.54, 1.807) is 30.5 Å². The van der Waals surface area contributed by atoms with Gasteiger partial charge in [-0.3, -0.25) is 9.59 Å². The van der Waals surface area contributed by atoms with Gasteiger partial charge in [-0.25, -0.2) is 0 Å². The first kappa shape index (κ1) is 25.7. The van der Waals surface area contributed by atoms with Gasteiger partial charge in [-0.05, 0) is 57.0 Å². The lowest BCUT2D eigenvalue weighted by Gasteiger charge is -2.30. The molecule has 0 saturated heterocycles. The third kappa shape index (κ3) is 7.24. The van der Waals surface area contributed by atoms with Crippen molar-refractivity contribution >= 4 is 23.2 Å². The second kappa shape index (κ2) is 12.5. The van der Waals surface area contributed by atoms with Crippen LogP contribution in [-0.2, 0) is 27.3 Å². The van der Waals surface area contributed by atoms with Crippen molar-refractivity contribution in [2.75, 3.05) is 41.0 Å². The summed E-state index contributed by atoms with van der Waals surface area (Å²) in [7, 11) is 4.69. The van der Waals surface area contributed by atoms with Gasteiger partial charge in [-0.15, -0.1) is 11.3 Å². The zero-order valence-electron chi connectivity index (χ0n) is 19.8. The summed E-state index contributed by atoms with van der Waals surface area (Å²) in [5.74, 6) is 1.05. The van der Waals surface area contributed by atoms with Crippen LogP contribution in [0.4, 0.5) is 0 Å². The van der Waals surface area contributed by atoms with E-state index in [4.69, 9.17) is 14.2 Å². The van der Waals surface area contributed by atoms with Crippen LogP contribution in [-0.4, -0.2) is 68.7 Å². The van der Waals surface area contributed by atoms with Crippen molar-refractivity contribution in [1.82, 2.24) is 9.80 Å². The highest BCUT2D eigenvalue weighted by Gasteiger charge is 2.24. The van der Waals surface area contributed by atoms with Gasteiger partial charge in [-0.1, -0.05) is 6.07 Å². The molecule has 0 aliphatic rings. The van der Waals surface area contributed by atoms with E-state index in [-0.39, 0.29) is 31.0 Å². The molecule has 1 aromatic heterocycles. The average Bonchev–Trinajstić information content (AvgIpc) is 3.18. The van der Waals surface area contributed by atoms with Crippen LogP contribution in [0, 0.1) is 6.92 Å². The smallest absolute Gasteiger partial charge is 0.249 e. The predicted octanol–water partition coefficient (Wildman–Crippen LogP) is 3.53. The number of carbonyl (C=O) groups is 2. The monoisotopic (exact) mass is 462 g/mol. The number of hydrogen-bond donors (Lipinski definition) is 0. The standard InChI is InChI=1S/C24H34N2O5S/c1-17(2)26(24(28)16-29-4)15-23(27)25(14-20-9-7-18(3)32-20)12-11-19-8-10-21(30-5)22(13-19)31-6/h7-10,13,17H,11-12,14-16H2,1-6H3. The van der Waals surface area contributed by atoms with Crippen LogP contribution in [0.5, 0.6) is 11.5 Å². The van der Waals surface area contributed by atoms with Crippen LogP contribution in [0.15, 0.2) is 30.3 Å². The Bertz CT molecular complexity index is 896. The van der Waals surface area contributed by atoms with Crippen molar-refractivity contribution in [3.05, 3.63) is 45.6 Å². The number of carbonyl (C=O) groups excluding carboxylic acids is 2. The van der Waals surface area contributed by atoms with E-state index in [1.807, 2.05) is 49.9 Å². The molecular weight excluding hydrogens is 428 g/mol. The normalized spacial score (nSPS) is 10.8. The molecule has 0 unspecified atom stereocenters. The number of hydrogen-bond acceptors (Lipinski definition) is 6. The number of aryl methyl sites for hydroxylation is 1. The maximum absolute atomic E-state index is 13.3. The van der Waals surface area contributed by atoms with Gasteiger partial charge < -0.3 is 24.0 Å². The fourth-order valence-corrected chi connectivity index (χ4v) is 4.27. The van der Waals surface area contributed by atoms with E-state index in [0.29, 0.717) is 31.0 Å². The van der Waals surface area contributed by atoms with Gasteiger partial charge in [0.25, 0.3) is 0 Å². The molecule has 0 radical (unpaired) electrons. The van der Waals surface area contributed by atoms with Crippen molar-refractivity contribution in [1.29, 1.82) is 0 Å². The Balaban J connectivity index is 2.18. The van der Waals surface area contributed by atoms with Crippen LogP contribution >= 0.6 is 11.3 Å². The summed E-state index contributed by atoms with van der Waals surface area (Å²) < 4.78 is 15.7. The van der Waals surface area contributed by atoms with Crippen LogP contribution in [0.1, 0.15) is 29.2 Å². The van der Waals surface area contributed by atoms with Crippen molar-refractivity contribution < 1.29 is 23.8 Å². The van der Waals surface area contributed by atoms with Gasteiger partial charge in [0.05, 0.1) is 20.8 Å². The van der Waals surface area contributed by atoms with Crippen LogP contribution in [0.2, 0.25) is 0 Å². The van der Waals surface area contributed by atoms with E-state index in [0.717, 1.165) is 10.4 Å². The second-order valence-electron chi connectivity index (χ2n) is 7.82. The molecular formula is C24H34N2O5S. The lowest BCUT2D eigenvalue weighted by Crippen LogP contribution is -2.47. The second-order valence-corrected chi connectivity index (χ2v) is 9.19. The maximum atomic E-state index is 13.3. The molecule has 8 heteroatoms. The number of ether oxygens (including phenoxy) is 3. The topological polar surface area (TPSA) is 68.3 Å². The molecule has 0 fully saturated rings. The fraction of sp³-hybridized carbons (Fsp3) is 0.500. The molecule has 0 aliphatic carbocycles. The lowest BCUT2D eigenvalue weighted by atomic mass is 10.1. The molecule has 0 aliphatic heterocycles. The van der Waals surface area contributed by atoms with Gasteiger partial charge in [-0.2, -0.15) is 0 Å². The minimum Gasteiger partial charge on any atom is -0.493 e. The van der Waals surface area contributed by atoms with Crippen LogP contribution in [0.3, 0.4) is 0 Å². The van der Waals surface area contributed by atoms with Crippen molar-refractivity contribution in [3.63, 3.8) is 0 Å². The third-order valence-corrected chi connectivity index (χ3v) is 6.12. The van der Waals surface area contributed by atoms with Gasteiger partial charge in [0.1, 0.15) is 13.2 Å². The Hall–Kier alpha value is -2.58. The highest BCUT2D eigenvalue weighted by atomic mass is 32.1. The summed E-state index contributed by atoms with van der Waals surface area (Å²) in [6, 6.07) is 9.78. The minimum absolute atomic E-state index is 0.0240. The molecule has 176 valence electrons. The quantitative estimate of drug-likeness (QED) is 0.483. The lowest BCUT2D eigenvalue weighted by molar-refractivity contribution is -0.144. The molecule has 1 heterocycles. The van der Waals surface area contributed by atoms with Crippen LogP contribution in [0.25, 0.3) is 0 Å². The Morgan fingerprint density at radius 2 is 1.72 bits per heavy atom. The number of benzene rings is 1. The molecule has 2 amide bonds. The summed E-state index contributed by atoms with van der Waals surface area (Å²) in [5, 5.41) is 0. The Labute approximate surface area is 194 Å². The molecule has 2 rings (SSSR count). The zero-order chi connectivity index (χ0) is 23.7. The van der Waals surface area contributed by atoms with E-state index < -0.39 is 0 Å². The number of rotatable bonds is 12. The Morgan fingerprint density at radius 3 is 2.28 bits per heavy atom. The summed E-state index contributed by atoms with van der Waals surface area (Å²) in [5.41, 5.74) is 1.04. The number of amides is 2. The highest BCUT2D eigenvalue weighted by Crippen LogP contribution is 2.28. The first-order chi connectivity index (χ1) is 15.3. The Morgan fingerprint density at radius 1 is 1.00 bits per heavy atom. The van der Waals surface area contributed by atoms with E-state index >= 15 is 0 Å². The summed E-state index contributed by atoms with van der Waals surface area (Å²) in [6.07, 6.45) is 0.657. The summed E-state index contributed by atoms with van der Waals surface area (Å²) in [4.78, 5) is 31.4. The SMILES string of the molecule is COCC(=O)N(CC(=O)N(CCc1ccc(OC)c(OC)c1)Cc1ccc(C)s1)C(C)C. The van der Waals surface area contributed by atoms with Gasteiger partial charge in [0.15, 0.2) is 11.5 Å². The molecule has 1 aromatic carbocycles. The molecule has 2 aromatic rings. The minimum atomic E-state index is -0.192. The molecule has 32 heavy (non-hydrogen) atoms. The van der Waals surface area contributed by atoms with Gasteiger partial charge in [0.2, 0.25) is 11.8 Å². The van der Waals surface area contributed by atoms with E-state index in [1.165, 1.54) is 12.0 Å². The average molecular weight is 463 g/mol. The molecule has 0 bridgehead atoms. The maximum Gasteiger partial charge on any atom is 0.249 e. The first-order valence-corrected chi connectivity index (χ1v) is 11.4. The molecule has 0 spiro atoms. The van der Waals surface area contributed by atoms with E-state index in [2.05, 4.69) is 6.07 Å². The Kier molecular flexibility index (Phi) is 9.99. The van der Waals surface area contributed by atoms with Crippen molar-refractivity contribution in [2.24, 2.45) is 0 Å². The predicted molar refractivity (Wildman–Crippen MR) is 126 cm³/mol. The number of methoxy groups -OCH3 is 3. The fourth-order valence-electron chi connectivity index (χ4n) is 3.36. The van der Waals surface area contributed by atoms with Gasteiger partial charge >= 0.3 is 0 Å². The largest absolute Gasteiger partial charge is 0.493 e. The van der Waals surface area contributed by atoms with E-state index in [9.17, 15) is 9.59 Å². The molecule has 7 nitrogen and oxygen atoms in total. The zero-order valence-corrected chi connectivity index (χ0v) is 20.7. The van der Waals surface area contributed by atoms with Crippen molar-refractivity contribution in [3.8, 4) is 11.5 Å².